The Labute approximate surface area is 149 Å². The van der Waals surface area contributed by atoms with Gasteiger partial charge in [0.2, 0.25) is 0 Å². The Bertz CT molecular complexity index is 808. The molecule has 0 atom stereocenters. The summed E-state index contributed by atoms with van der Waals surface area (Å²) in [6.45, 7) is -0.251. The van der Waals surface area contributed by atoms with E-state index in [9.17, 15) is 9.59 Å². The number of nitrogens with two attached hydrogens (primary N) is 1. The van der Waals surface area contributed by atoms with E-state index in [1.54, 1.807) is 42.5 Å². The van der Waals surface area contributed by atoms with Crippen molar-refractivity contribution in [2.75, 3.05) is 13.7 Å². The van der Waals surface area contributed by atoms with Crippen LogP contribution in [0.3, 0.4) is 0 Å². The smallest absolute Gasteiger partial charge is 0.271 e. The summed E-state index contributed by atoms with van der Waals surface area (Å²) in [5, 5.41) is 4.35. The summed E-state index contributed by atoms with van der Waals surface area (Å²) in [6, 6.07) is 11.5. The van der Waals surface area contributed by atoms with E-state index < -0.39 is 5.91 Å². The number of hydrazone groups is 1. The van der Waals surface area contributed by atoms with Crippen molar-refractivity contribution in [2.24, 2.45) is 10.8 Å². The summed E-state index contributed by atoms with van der Waals surface area (Å²) >= 11 is 5.84. The summed E-state index contributed by atoms with van der Waals surface area (Å²) in [7, 11) is 1.47. The lowest BCUT2D eigenvalue weighted by atomic mass is 10.2. The molecule has 7 nitrogen and oxygen atoms in total. The molecule has 2 aromatic carbocycles. The standard InChI is InChI=1S/C17H16ClN3O4/c1-24-15-7-11(5-6-14(15)25-10-16(19)22)9-20-21-17(23)12-3-2-4-13(18)8-12/h2-9H,10H2,1H3,(H2,19,22)(H,21,23)/b20-9+. The maximum absolute atomic E-state index is 11.9. The molecule has 0 radical (unpaired) electrons. The van der Waals surface area contributed by atoms with Gasteiger partial charge in [-0.1, -0.05) is 17.7 Å². The van der Waals surface area contributed by atoms with E-state index in [0.717, 1.165) is 0 Å². The van der Waals surface area contributed by atoms with Crippen LogP contribution in [-0.2, 0) is 4.79 Å². The number of ether oxygens (including phenoxy) is 2. The number of primary amides is 1. The van der Waals surface area contributed by atoms with Crippen molar-refractivity contribution in [3.63, 3.8) is 0 Å². The van der Waals surface area contributed by atoms with E-state index in [2.05, 4.69) is 10.5 Å². The number of methoxy groups -OCH3 is 1. The first-order valence-corrected chi connectivity index (χ1v) is 7.55. The Kier molecular flexibility index (Phi) is 6.36. The van der Waals surface area contributed by atoms with Crippen LogP contribution in [0.25, 0.3) is 0 Å². The second-order valence-corrected chi connectivity index (χ2v) is 5.31. The molecule has 2 amide bonds. The number of amides is 2. The fourth-order valence-electron chi connectivity index (χ4n) is 1.89. The molecule has 0 aliphatic carbocycles. The Balaban J connectivity index is 2.03. The number of rotatable bonds is 7. The number of hydrogen-bond donors (Lipinski definition) is 2. The molecule has 0 aliphatic rings. The van der Waals surface area contributed by atoms with Crippen LogP contribution in [0.1, 0.15) is 15.9 Å². The Morgan fingerprint density at radius 1 is 1.24 bits per heavy atom. The lowest BCUT2D eigenvalue weighted by Crippen LogP contribution is -2.20. The SMILES string of the molecule is COc1cc(/C=N/NC(=O)c2cccc(Cl)c2)ccc1OCC(N)=O. The van der Waals surface area contributed by atoms with Crippen molar-refractivity contribution in [1.29, 1.82) is 0 Å². The molecule has 25 heavy (non-hydrogen) atoms. The van der Waals surface area contributed by atoms with Crippen molar-refractivity contribution in [1.82, 2.24) is 5.43 Å². The molecule has 0 bridgehead atoms. The molecule has 2 rings (SSSR count). The number of nitrogens with one attached hydrogen (secondary N) is 1. The third-order valence-corrected chi connectivity index (χ3v) is 3.26. The third kappa shape index (κ3) is 5.50. The van der Waals surface area contributed by atoms with Gasteiger partial charge in [-0.2, -0.15) is 5.10 Å². The lowest BCUT2D eigenvalue weighted by Gasteiger charge is -2.09. The Morgan fingerprint density at radius 3 is 2.72 bits per heavy atom. The van der Waals surface area contributed by atoms with E-state index in [1.165, 1.54) is 13.3 Å². The number of nitrogens with zero attached hydrogens (tertiary/aromatic N) is 1. The Hall–Kier alpha value is -3.06. The molecule has 0 aromatic heterocycles. The summed E-state index contributed by atoms with van der Waals surface area (Å²) in [5.41, 5.74) is 8.51. The lowest BCUT2D eigenvalue weighted by molar-refractivity contribution is -0.119. The van der Waals surface area contributed by atoms with Gasteiger partial charge in [0.1, 0.15) is 0 Å². The molecule has 0 fully saturated rings. The molecular weight excluding hydrogens is 346 g/mol. The maximum Gasteiger partial charge on any atom is 0.271 e. The molecule has 0 saturated heterocycles. The molecule has 0 unspecified atom stereocenters. The number of halogens is 1. The Morgan fingerprint density at radius 2 is 2.04 bits per heavy atom. The summed E-state index contributed by atoms with van der Waals surface area (Å²) in [5.74, 6) is -0.184. The molecular formula is C17H16ClN3O4. The maximum atomic E-state index is 11.9. The molecule has 130 valence electrons. The van der Waals surface area contributed by atoms with E-state index in [0.29, 0.717) is 27.6 Å². The number of benzene rings is 2. The van der Waals surface area contributed by atoms with Gasteiger partial charge in [-0.25, -0.2) is 5.43 Å². The van der Waals surface area contributed by atoms with E-state index in [4.69, 9.17) is 26.8 Å². The van der Waals surface area contributed by atoms with Crippen molar-refractivity contribution in [3.8, 4) is 11.5 Å². The van der Waals surface area contributed by atoms with Gasteiger partial charge < -0.3 is 15.2 Å². The van der Waals surface area contributed by atoms with Gasteiger partial charge in [-0.05, 0) is 42.0 Å². The van der Waals surface area contributed by atoms with Crippen molar-refractivity contribution in [3.05, 3.63) is 58.6 Å². The quantitative estimate of drug-likeness (QED) is 0.581. The van der Waals surface area contributed by atoms with Gasteiger partial charge in [0.05, 0.1) is 13.3 Å². The minimum atomic E-state index is -0.587. The predicted molar refractivity (Wildman–Crippen MR) is 94.2 cm³/mol. The second kappa shape index (κ2) is 8.70. The highest BCUT2D eigenvalue weighted by Gasteiger charge is 2.07. The summed E-state index contributed by atoms with van der Waals surface area (Å²) in [6.07, 6.45) is 1.45. The second-order valence-electron chi connectivity index (χ2n) is 4.87. The third-order valence-electron chi connectivity index (χ3n) is 3.02. The van der Waals surface area contributed by atoms with Crippen LogP contribution in [-0.4, -0.2) is 31.7 Å². The van der Waals surface area contributed by atoms with Crippen LogP contribution in [0.15, 0.2) is 47.6 Å². The number of carbonyl (C=O) groups is 2. The molecule has 2 aromatic rings. The van der Waals surface area contributed by atoms with Gasteiger partial charge in [-0.3, -0.25) is 9.59 Å². The first-order valence-electron chi connectivity index (χ1n) is 7.17. The zero-order valence-electron chi connectivity index (χ0n) is 13.4. The van der Waals surface area contributed by atoms with Gasteiger partial charge in [0, 0.05) is 10.6 Å². The largest absolute Gasteiger partial charge is 0.493 e. The number of carbonyl (C=O) groups excluding carboxylic acids is 2. The van der Waals surface area contributed by atoms with Crippen molar-refractivity contribution in [2.45, 2.75) is 0 Å². The first-order chi connectivity index (χ1) is 12.0. The minimum absolute atomic E-state index is 0.251. The number of hydrogen-bond acceptors (Lipinski definition) is 5. The molecule has 3 N–H and O–H groups in total. The van der Waals surface area contributed by atoms with Gasteiger partial charge in [0.15, 0.2) is 18.1 Å². The topological polar surface area (TPSA) is 103 Å². The monoisotopic (exact) mass is 361 g/mol. The minimum Gasteiger partial charge on any atom is -0.493 e. The molecule has 0 aliphatic heterocycles. The average Bonchev–Trinajstić information content (AvgIpc) is 2.60. The first kappa shape index (κ1) is 18.3. The van der Waals surface area contributed by atoms with E-state index in [1.807, 2.05) is 0 Å². The molecule has 0 heterocycles. The van der Waals surface area contributed by atoms with Crippen LogP contribution in [0.5, 0.6) is 11.5 Å². The van der Waals surface area contributed by atoms with Crippen molar-refractivity contribution < 1.29 is 19.1 Å². The average molecular weight is 362 g/mol. The van der Waals surface area contributed by atoms with E-state index in [-0.39, 0.29) is 12.5 Å². The summed E-state index contributed by atoms with van der Waals surface area (Å²) < 4.78 is 10.4. The highest BCUT2D eigenvalue weighted by molar-refractivity contribution is 6.30. The zero-order valence-corrected chi connectivity index (χ0v) is 14.1. The molecule has 8 heteroatoms. The van der Waals surface area contributed by atoms with Crippen LogP contribution < -0.4 is 20.6 Å². The fraction of sp³-hybridized carbons (Fsp3) is 0.118. The van der Waals surface area contributed by atoms with Crippen LogP contribution in [0.2, 0.25) is 5.02 Å². The van der Waals surface area contributed by atoms with Gasteiger partial charge >= 0.3 is 0 Å². The summed E-state index contributed by atoms with van der Waals surface area (Å²) in [4.78, 5) is 22.7. The normalized spacial score (nSPS) is 10.5. The van der Waals surface area contributed by atoms with Crippen LogP contribution in [0.4, 0.5) is 0 Å². The van der Waals surface area contributed by atoms with Gasteiger partial charge in [-0.15, -0.1) is 0 Å². The van der Waals surface area contributed by atoms with Crippen molar-refractivity contribution >= 4 is 29.6 Å². The van der Waals surface area contributed by atoms with Gasteiger partial charge in [0.25, 0.3) is 11.8 Å². The molecule has 0 spiro atoms. The highest BCUT2D eigenvalue weighted by Crippen LogP contribution is 2.27. The fourth-order valence-corrected chi connectivity index (χ4v) is 2.08. The van der Waals surface area contributed by atoms with Crippen LogP contribution >= 0.6 is 11.6 Å². The van der Waals surface area contributed by atoms with E-state index >= 15 is 0 Å². The van der Waals surface area contributed by atoms with Crippen LogP contribution in [0, 0.1) is 0 Å². The highest BCUT2D eigenvalue weighted by atomic mass is 35.5. The predicted octanol–water partition coefficient (Wildman–Crippen LogP) is 1.98. The molecule has 0 saturated carbocycles. The zero-order chi connectivity index (χ0) is 18.2.